The van der Waals surface area contributed by atoms with Gasteiger partial charge in [0.05, 0.1) is 0 Å². The minimum atomic E-state index is 0.749. The molecule has 1 saturated heterocycles. The fourth-order valence-corrected chi connectivity index (χ4v) is 2.47. The smallest absolute Gasteiger partial charge is 0.0343 e. The number of aromatic nitrogens is 1. The molecule has 2 atom stereocenters. The van der Waals surface area contributed by atoms with E-state index in [9.17, 15) is 0 Å². The number of fused-ring (bicyclic) bond motifs is 1. The van der Waals surface area contributed by atoms with Gasteiger partial charge in [-0.25, -0.2) is 0 Å². The molecule has 1 aromatic heterocycles. The second-order valence-corrected chi connectivity index (χ2v) is 4.30. The van der Waals surface area contributed by atoms with Crippen LogP contribution < -0.4 is 5.32 Å². The quantitative estimate of drug-likeness (QED) is 0.721. The largest absolute Gasteiger partial charge is 0.315 e. The molecule has 2 aliphatic rings. The monoisotopic (exact) mass is 186 g/mol. The van der Waals surface area contributed by atoms with E-state index in [2.05, 4.69) is 29.4 Å². The maximum absolute atomic E-state index is 4.24. The fourth-order valence-electron chi connectivity index (χ4n) is 2.47. The van der Waals surface area contributed by atoms with Crippen molar-refractivity contribution in [2.75, 3.05) is 13.1 Å². The van der Waals surface area contributed by atoms with Crippen molar-refractivity contribution in [1.29, 1.82) is 0 Å². The molecule has 0 aromatic carbocycles. The van der Waals surface area contributed by atoms with Gasteiger partial charge in [-0.2, -0.15) is 0 Å². The molecule has 1 fully saturated rings. The summed E-state index contributed by atoms with van der Waals surface area (Å²) in [5.41, 5.74) is 4.06. The van der Waals surface area contributed by atoms with Crippen LogP contribution in [0.4, 0.5) is 0 Å². The maximum Gasteiger partial charge on any atom is 0.0343 e. The van der Waals surface area contributed by atoms with E-state index in [1.807, 2.05) is 12.4 Å². The van der Waals surface area contributed by atoms with Crippen LogP contribution in [0.1, 0.15) is 11.1 Å². The summed E-state index contributed by atoms with van der Waals surface area (Å²) in [7, 11) is 0. The lowest BCUT2D eigenvalue weighted by atomic mass is 9.74. The lowest BCUT2D eigenvalue weighted by molar-refractivity contribution is 0.564. The van der Waals surface area contributed by atoms with E-state index in [0.717, 1.165) is 24.9 Å². The minimum Gasteiger partial charge on any atom is -0.315 e. The van der Waals surface area contributed by atoms with Crippen LogP contribution in [-0.2, 0) is 0 Å². The lowest BCUT2D eigenvalue weighted by Gasteiger charge is -2.29. The lowest BCUT2D eigenvalue weighted by Crippen LogP contribution is -2.22. The highest BCUT2D eigenvalue weighted by molar-refractivity contribution is 5.73. The van der Waals surface area contributed by atoms with Crippen LogP contribution in [0.2, 0.25) is 0 Å². The van der Waals surface area contributed by atoms with Gasteiger partial charge in [0, 0.05) is 31.4 Å². The molecule has 0 spiro atoms. The number of nitrogens with zero attached hydrogens (tertiary/aromatic N) is 1. The molecule has 0 amide bonds. The van der Waals surface area contributed by atoms with Gasteiger partial charge in [0.1, 0.15) is 0 Å². The van der Waals surface area contributed by atoms with Crippen molar-refractivity contribution < 1.29 is 0 Å². The predicted molar refractivity (Wildman–Crippen MR) is 56.8 cm³/mol. The minimum absolute atomic E-state index is 0.749. The van der Waals surface area contributed by atoms with Gasteiger partial charge in [0.2, 0.25) is 0 Å². The molecule has 72 valence electrons. The van der Waals surface area contributed by atoms with E-state index >= 15 is 0 Å². The van der Waals surface area contributed by atoms with Gasteiger partial charge >= 0.3 is 0 Å². The highest BCUT2D eigenvalue weighted by Crippen LogP contribution is 2.42. The Hall–Kier alpha value is -1.15. The topological polar surface area (TPSA) is 24.9 Å². The van der Waals surface area contributed by atoms with Crippen molar-refractivity contribution in [2.45, 2.75) is 6.92 Å². The van der Waals surface area contributed by atoms with E-state index < -0.39 is 0 Å². The standard InChI is InChI=1S/C12H14N2/c1-8-2-9(5-13-4-8)11-3-10-6-14-7-12(10)11/h2-5,10,12,14H,6-7H2,1H3/t10-,12+/m0/s1. The number of hydrogen-bond donors (Lipinski definition) is 1. The Balaban J connectivity index is 1.94. The second kappa shape index (κ2) is 2.92. The zero-order valence-electron chi connectivity index (χ0n) is 8.33. The third-order valence-corrected chi connectivity index (χ3v) is 3.26. The summed E-state index contributed by atoms with van der Waals surface area (Å²) in [6.45, 7) is 4.40. The molecule has 3 rings (SSSR count). The van der Waals surface area contributed by atoms with Crippen LogP contribution >= 0.6 is 0 Å². The number of nitrogens with one attached hydrogen (secondary N) is 1. The third kappa shape index (κ3) is 1.11. The van der Waals surface area contributed by atoms with Gasteiger partial charge in [0.25, 0.3) is 0 Å². The Bertz CT molecular complexity index is 395. The first-order valence-corrected chi connectivity index (χ1v) is 5.19. The Morgan fingerprint density at radius 2 is 2.29 bits per heavy atom. The van der Waals surface area contributed by atoms with E-state index in [-0.39, 0.29) is 0 Å². The molecule has 1 aromatic rings. The van der Waals surface area contributed by atoms with E-state index in [4.69, 9.17) is 0 Å². The molecule has 2 nitrogen and oxygen atoms in total. The Labute approximate surface area is 84.1 Å². The highest BCUT2D eigenvalue weighted by atomic mass is 14.9. The fraction of sp³-hybridized carbons (Fsp3) is 0.417. The van der Waals surface area contributed by atoms with Gasteiger partial charge in [0.15, 0.2) is 0 Å². The summed E-state index contributed by atoms with van der Waals surface area (Å²) in [4.78, 5) is 4.24. The van der Waals surface area contributed by atoms with Gasteiger partial charge < -0.3 is 5.32 Å². The van der Waals surface area contributed by atoms with Crippen LogP contribution in [0.5, 0.6) is 0 Å². The van der Waals surface area contributed by atoms with Crippen molar-refractivity contribution >= 4 is 5.57 Å². The van der Waals surface area contributed by atoms with Crippen LogP contribution in [0.3, 0.4) is 0 Å². The van der Waals surface area contributed by atoms with Gasteiger partial charge in [-0.3, -0.25) is 4.98 Å². The molecule has 0 radical (unpaired) electrons. The molecule has 1 aliphatic carbocycles. The zero-order valence-corrected chi connectivity index (χ0v) is 8.33. The molecule has 0 unspecified atom stereocenters. The third-order valence-electron chi connectivity index (χ3n) is 3.26. The van der Waals surface area contributed by atoms with E-state index in [0.29, 0.717) is 0 Å². The van der Waals surface area contributed by atoms with Crippen molar-refractivity contribution in [3.05, 3.63) is 35.7 Å². The van der Waals surface area contributed by atoms with Crippen LogP contribution in [0.25, 0.3) is 5.57 Å². The van der Waals surface area contributed by atoms with Crippen molar-refractivity contribution in [1.82, 2.24) is 10.3 Å². The van der Waals surface area contributed by atoms with Crippen molar-refractivity contribution in [3.8, 4) is 0 Å². The van der Waals surface area contributed by atoms with Crippen LogP contribution in [0, 0.1) is 18.8 Å². The summed E-state index contributed by atoms with van der Waals surface area (Å²) in [6, 6.07) is 2.23. The molecule has 1 N–H and O–H groups in total. The van der Waals surface area contributed by atoms with Gasteiger partial charge in [-0.1, -0.05) is 6.08 Å². The van der Waals surface area contributed by atoms with E-state index in [1.54, 1.807) is 0 Å². The maximum atomic E-state index is 4.24. The molecule has 14 heavy (non-hydrogen) atoms. The summed E-state index contributed by atoms with van der Waals surface area (Å²) >= 11 is 0. The second-order valence-electron chi connectivity index (χ2n) is 4.30. The summed E-state index contributed by atoms with van der Waals surface area (Å²) < 4.78 is 0. The Morgan fingerprint density at radius 3 is 3.07 bits per heavy atom. The van der Waals surface area contributed by atoms with Crippen LogP contribution in [0.15, 0.2) is 24.5 Å². The zero-order chi connectivity index (χ0) is 9.54. The summed E-state index contributed by atoms with van der Waals surface area (Å²) in [5, 5.41) is 3.43. The molecular weight excluding hydrogens is 172 g/mol. The first-order chi connectivity index (χ1) is 6.84. The molecule has 2 heterocycles. The van der Waals surface area contributed by atoms with Crippen molar-refractivity contribution in [3.63, 3.8) is 0 Å². The average Bonchev–Trinajstić information content (AvgIpc) is 2.48. The molecular formula is C12H14N2. The number of hydrogen-bond acceptors (Lipinski definition) is 2. The Morgan fingerprint density at radius 1 is 1.36 bits per heavy atom. The summed E-state index contributed by atoms with van der Waals surface area (Å²) in [6.07, 6.45) is 6.28. The van der Waals surface area contributed by atoms with Crippen LogP contribution in [-0.4, -0.2) is 18.1 Å². The Kier molecular flexibility index (Phi) is 1.71. The molecule has 0 saturated carbocycles. The first-order valence-electron chi connectivity index (χ1n) is 5.19. The molecule has 2 heteroatoms. The SMILES string of the molecule is Cc1cncc(C2=C[C@H]3CNC[C@@H]23)c1. The van der Waals surface area contributed by atoms with Crippen molar-refractivity contribution in [2.24, 2.45) is 11.8 Å². The number of rotatable bonds is 1. The molecule has 0 bridgehead atoms. The number of pyridine rings is 1. The van der Waals surface area contributed by atoms with Gasteiger partial charge in [-0.15, -0.1) is 0 Å². The molecule has 1 aliphatic heterocycles. The van der Waals surface area contributed by atoms with E-state index in [1.165, 1.54) is 16.7 Å². The summed E-state index contributed by atoms with van der Waals surface area (Å²) in [5.74, 6) is 1.53. The van der Waals surface area contributed by atoms with Gasteiger partial charge in [-0.05, 0) is 35.6 Å². The number of aryl methyl sites for hydroxylation is 1. The predicted octanol–water partition coefficient (Wildman–Crippen LogP) is 1.62. The highest BCUT2D eigenvalue weighted by Gasteiger charge is 2.36. The normalized spacial score (nSPS) is 29.4. The average molecular weight is 186 g/mol. The first kappa shape index (κ1) is 8.18.